The van der Waals surface area contributed by atoms with Gasteiger partial charge in [-0.25, -0.2) is 0 Å². The average Bonchev–Trinajstić information content (AvgIpc) is 2.48. The predicted octanol–water partition coefficient (Wildman–Crippen LogP) is 3.05. The summed E-state index contributed by atoms with van der Waals surface area (Å²) in [6.07, 6.45) is 0. The van der Waals surface area contributed by atoms with E-state index in [1.165, 1.54) is 0 Å². The van der Waals surface area contributed by atoms with Crippen molar-refractivity contribution in [1.82, 2.24) is 0 Å². The van der Waals surface area contributed by atoms with Gasteiger partial charge in [-0.15, -0.1) is 0 Å². The van der Waals surface area contributed by atoms with Crippen molar-refractivity contribution in [2.75, 3.05) is 18.5 Å². The second kappa shape index (κ2) is 6.28. The molecular formula is C17H14N2. The summed E-state index contributed by atoms with van der Waals surface area (Å²) < 4.78 is 0. The van der Waals surface area contributed by atoms with Crippen molar-refractivity contribution < 1.29 is 0 Å². The minimum atomic E-state index is 0.629. The lowest BCUT2D eigenvalue weighted by Gasteiger charge is -2.15. The molecule has 0 saturated carbocycles. The van der Waals surface area contributed by atoms with Gasteiger partial charge in [0.2, 0.25) is 0 Å². The van der Waals surface area contributed by atoms with Crippen LogP contribution in [0.3, 0.4) is 0 Å². The molecule has 2 rings (SSSR count). The number of nitrogens with zero attached hydrogens (tertiary/aromatic N) is 2. The maximum Gasteiger partial charge on any atom is 0.0992 e. The highest BCUT2D eigenvalue weighted by molar-refractivity contribution is 5.52. The second-order valence-electron chi connectivity index (χ2n) is 4.19. The van der Waals surface area contributed by atoms with Crippen molar-refractivity contribution in [2.24, 2.45) is 0 Å². The summed E-state index contributed by atoms with van der Waals surface area (Å²) in [6.45, 7) is 0.629. The molecule has 92 valence electrons. The Morgan fingerprint density at radius 2 is 1.74 bits per heavy atom. The first-order valence-electron chi connectivity index (χ1n) is 6.05. The minimum absolute atomic E-state index is 0.629. The Morgan fingerprint density at radius 1 is 1.00 bits per heavy atom. The fourth-order valence-corrected chi connectivity index (χ4v) is 1.69. The normalized spacial score (nSPS) is 9.05. The van der Waals surface area contributed by atoms with Crippen LogP contribution in [0.1, 0.15) is 11.1 Å². The van der Waals surface area contributed by atoms with Gasteiger partial charge < -0.3 is 4.90 Å². The van der Waals surface area contributed by atoms with Crippen molar-refractivity contribution in [2.45, 2.75) is 0 Å². The fraction of sp³-hybridized carbons (Fsp3) is 0.118. The van der Waals surface area contributed by atoms with Gasteiger partial charge in [0, 0.05) is 18.3 Å². The zero-order valence-corrected chi connectivity index (χ0v) is 10.8. The maximum atomic E-state index is 8.87. The molecule has 0 amide bonds. The molecule has 0 heterocycles. The molecule has 0 N–H and O–H groups in total. The Labute approximate surface area is 113 Å². The van der Waals surface area contributed by atoms with E-state index in [9.17, 15) is 0 Å². The van der Waals surface area contributed by atoms with Crippen LogP contribution >= 0.6 is 0 Å². The Bertz CT molecular complexity index is 642. The van der Waals surface area contributed by atoms with Gasteiger partial charge in [-0.1, -0.05) is 36.1 Å². The summed E-state index contributed by atoms with van der Waals surface area (Å²) in [5, 5.41) is 8.87. The van der Waals surface area contributed by atoms with E-state index in [0.29, 0.717) is 12.1 Å². The third-order valence-electron chi connectivity index (χ3n) is 2.74. The zero-order chi connectivity index (χ0) is 13.5. The Morgan fingerprint density at radius 3 is 2.47 bits per heavy atom. The lowest BCUT2D eigenvalue weighted by molar-refractivity contribution is 1.05. The Hall–Kier alpha value is -2.71. The molecule has 0 spiro atoms. The molecule has 2 heteroatoms. The van der Waals surface area contributed by atoms with E-state index in [1.54, 1.807) is 6.07 Å². The molecule has 0 aliphatic heterocycles. The summed E-state index contributed by atoms with van der Waals surface area (Å²) in [6, 6.07) is 19.6. The molecule has 0 unspecified atom stereocenters. The molecule has 2 aromatic carbocycles. The number of anilines is 1. The van der Waals surface area contributed by atoms with Crippen LogP contribution in [0.2, 0.25) is 0 Å². The van der Waals surface area contributed by atoms with Crippen LogP contribution in [0.4, 0.5) is 5.69 Å². The Kier molecular flexibility index (Phi) is 4.21. The largest absolute Gasteiger partial charge is 0.363 e. The molecule has 19 heavy (non-hydrogen) atoms. The van der Waals surface area contributed by atoms with Crippen molar-refractivity contribution in [3.63, 3.8) is 0 Å². The highest BCUT2D eigenvalue weighted by Gasteiger charge is 1.99. The van der Waals surface area contributed by atoms with Crippen molar-refractivity contribution >= 4 is 5.69 Å². The molecule has 0 saturated heterocycles. The van der Waals surface area contributed by atoms with E-state index in [1.807, 2.05) is 60.5 Å². The number of rotatable bonds is 2. The molecule has 2 nitrogen and oxygen atoms in total. The van der Waals surface area contributed by atoms with Crippen molar-refractivity contribution in [1.29, 1.82) is 5.26 Å². The molecule has 0 aromatic heterocycles. The van der Waals surface area contributed by atoms with Gasteiger partial charge >= 0.3 is 0 Å². The monoisotopic (exact) mass is 246 g/mol. The van der Waals surface area contributed by atoms with Gasteiger partial charge in [-0.2, -0.15) is 5.26 Å². The van der Waals surface area contributed by atoms with Gasteiger partial charge in [0.25, 0.3) is 0 Å². The molecule has 0 radical (unpaired) electrons. The molecule has 0 aliphatic rings. The summed E-state index contributed by atoms with van der Waals surface area (Å²) in [4.78, 5) is 2.02. The molecule has 0 atom stereocenters. The van der Waals surface area contributed by atoms with Gasteiger partial charge in [0.1, 0.15) is 0 Å². The first-order valence-corrected chi connectivity index (χ1v) is 6.05. The standard InChI is InChI=1S/C17H14N2/c1-19(17-11-5-9-16(13-17)14-18)12-6-10-15-7-3-2-4-8-15/h2-5,7-9,11,13H,12H2,1H3. The summed E-state index contributed by atoms with van der Waals surface area (Å²) in [7, 11) is 1.97. The number of hydrogen-bond donors (Lipinski definition) is 0. The Balaban J connectivity index is 2.04. The second-order valence-corrected chi connectivity index (χ2v) is 4.19. The zero-order valence-electron chi connectivity index (χ0n) is 10.8. The van der Waals surface area contributed by atoms with E-state index in [4.69, 9.17) is 5.26 Å². The van der Waals surface area contributed by atoms with Crippen LogP contribution in [-0.2, 0) is 0 Å². The van der Waals surface area contributed by atoms with E-state index < -0.39 is 0 Å². The molecular weight excluding hydrogens is 232 g/mol. The van der Waals surface area contributed by atoms with Crippen LogP contribution in [0.25, 0.3) is 0 Å². The van der Waals surface area contributed by atoms with Gasteiger partial charge in [0.15, 0.2) is 0 Å². The molecule has 0 bridgehead atoms. The average molecular weight is 246 g/mol. The number of nitriles is 1. The van der Waals surface area contributed by atoms with Crippen LogP contribution < -0.4 is 4.90 Å². The fourth-order valence-electron chi connectivity index (χ4n) is 1.69. The topological polar surface area (TPSA) is 27.0 Å². The van der Waals surface area contributed by atoms with Crippen LogP contribution in [-0.4, -0.2) is 13.6 Å². The number of hydrogen-bond acceptors (Lipinski definition) is 2. The molecule has 0 aliphatic carbocycles. The highest BCUT2D eigenvalue weighted by Crippen LogP contribution is 2.13. The van der Waals surface area contributed by atoms with Gasteiger partial charge in [0.05, 0.1) is 18.2 Å². The maximum absolute atomic E-state index is 8.87. The van der Waals surface area contributed by atoms with Gasteiger partial charge in [-0.05, 0) is 30.3 Å². The SMILES string of the molecule is CN(CC#Cc1ccccc1)c1cccc(C#N)c1. The van der Waals surface area contributed by atoms with Crippen molar-refractivity contribution in [3.05, 3.63) is 65.7 Å². The minimum Gasteiger partial charge on any atom is -0.363 e. The van der Waals surface area contributed by atoms with E-state index in [0.717, 1.165) is 11.3 Å². The van der Waals surface area contributed by atoms with Gasteiger partial charge in [-0.3, -0.25) is 0 Å². The first kappa shape index (κ1) is 12.7. The predicted molar refractivity (Wildman–Crippen MR) is 77.7 cm³/mol. The quantitative estimate of drug-likeness (QED) is 0.761. The smallest absolute Gasteiger partial charge is 0.0992 e. The highest BCUT2D eigenvalue weighted by atomic mass is 15.1. The summed E-state index contributed by atoms with van der Waals surface area (Å²) >= 11 is 0. The summed E-state index contributed by atoms with van der Waals surface area (Å²) in [5.74, 6) is 6.25. The van der Waals surface area contributed by atoms with Crippen molar-refractivity contribution in [3.8, 4) is 17.9 Å². The van der Waals surface area contributed by atoms with E-state index in [-0.39, 0.29) is 0 Å². The van der Waals surface area contributed by atoms with Crippen LogP contribution in [0.5, 0.6) is 0 Å². The van der Waals surface area contributed by atoms with Crippen LogP contribution in [0.15, 0.2) is 54.6 Å². The number of benzene rings is 2. The molecule has 0 fully saturated rings. The third-order valence-corrected chi connectivity index (χ3v) is 2.74. The van der Waals surface area contributed by atoms with Crippen LogP contribution in [0, 0.1) is 23.2 Å². The van der Waals surface area contributed by atoms with E-state index >= 15 is 0 Å². The lowest BCUT2D eigenvalue weighted by atomic mass is 10.2. The first-order chi connectivity index (χ1) is 9.29. The lowest BCUT2D eigenvalue weighted by Crippen LogP contribution is -2.17. The molecule has 2 aromatic rings. The summed E-state index contributed by atoms with van der Waals surface area (Å²) in [5.41, 5.74) is 2.68. The van der Waals surface area contributed by atoms with E-state index in [2.05, 4.69) is 17.9 Å². The third kappa shape index (κ3) is 3.63.